The fraction of sp³-hybridized carbons (Fsp3) is 0.295. The average molecular weight is 1110 g/mol. The summed E-state index contributed by atoms with van der Waals surface area (Å²) in [5.41, 5.74) is 28.9. The molecule has 3 aliphatic carbocycles. The van der Waals surface area contributed by atoms with E-state index in [0.717, 1.165) is 41.0 Å². The Bertz CT molecular complexity index is 4900. The van der Waals surface area contributed by atoms with Gasteiger partial charge in [-0.3, -0.25) is 4.57 Å². The van der Waals surface area contributed by atoms with Crippen LogP contribution in [0.4, 0.5) is 11.4 Å². The highest BCUT2D eigenvalue weighted by Crippen LogP contribution is 2.61. The van der Waals surface area contributed by atoms with Crippen LogP contribution in [0.25, 0.3) is 98.0 Å². The molecular formula is C78H73BN4S. The molecule has 4 nitrogen and oxygen atoms in total. The summed E-state index contributed by atoms with van der Waals surface area (Å²) < 4.78 is 7.93. The third kappa shape index (κ3) is 6.64. The molecule has 9 aromatic carbocycles. The van der Waals surface area contributed by atoms with Crippen LogP contribution in [0.5, 0.6) is 0 Å². The van der Waals surface area contributed by atoms with Gasteiger partial charge in [-0.25, -0.2) is 4.98 Å². The molecule has 414 valence electrons. The summed E-state index contributed by atoms with van der Waals surface area (Å²) in [4.78, 5) is 8.56. The predicted octanol–water partition coefficient (Wildman–Crippen LogP) is 19.7. The molecular weight excluding hydrogens is 1040 g/mol. The van der Waals surface area contributed by atoms with Gasteiger partial charge in [-0.2, -0.15) is 0 Å². The second-order valence-corrected chi connectivity index (χ2v) is 31.1. The highest BCUT2D eigenvalue weighted by Gasteiger charge is 2.51. The fourth-order valence-corrected chi connectivity index (χ4v) is 18.0. The van der Waals surface area contributed by atoms with Crippen molar-refractivity contribution in [1.82, 2.24) is 14.1 Å². The number of hydrogen-bond acceptors (Lipinski definition) is 3. The number of hydrogen-bond donors (Lipinski definition) is 0. The van der Waals surface area contributed by atoms with Gasteiger partial charge in [-0.15, -0.1) is 11.3 Å². The maximum Gasteiger partial charge on any atom is 0.333 e. The lowest BCUT2D eigenvalue weighted by atomic mass is 9.43. The maximum atomic E-state index is 5.77. The first-order chi connectivity index (χ1) is 40.0. The smallest absolute Gasteiger partial charge is 0.333 e. The van der Waals surface area contributed by atoms with Crippen molar-refractivity contribution in [1.29, 1.82) is 0 Å². The van der Waals surface area contributed by atoms with Crippen LogP contribution in [0, 0.1) is 0 Å². The lowest BCUT2D eigenvalue weighted by Crippen LogP contribution is -2.61. The van der Waals surface area contributed by atoms with E-state index in [0.29, 0.717) is 0 Å². The number of imidazole rings is 1. The number of rotatable bonds is 3. The molecule has 0 radical (unpaired) electrons. The Morgan fingerprint density at radius 1 is 0.488 bits per heavy atom. The van der Waals surface area contributed by atoms with Crippen molar-refractivity contribution in [3.63, 3.8) is 0 Å². The third-order valence-electron chi connectivity index (χ3n) is 21.7. The van der Waals surface area contributed by atoms with Crippen LogP contribution in [0.3, 0.4) is 0 Å². The van der Waals surface area contributed by atoms with Crippen LogP contribution in [-0.4, -0.2) is 21.0 Å². The molecule has 0 atom stereocenters. The highest BCUT2D eigenvalue weighted by molar-refractivity contribution is 7.25. The Labute approximate surface area is 499 Å². The summed E-state index contributed by atoms with van der Waals surface area (Å²) in [6.45, 7) is 31.7. The van der Waals surface area contributed by atoms with Gasteiger partial charge >= 0.3 is 6.85 Å². The number of para-hydroxylation sites is 1. The van der Waals surface area contributed by atoms with Crippen LogP contribution >= 0.6 is 11.3 Å². The number of aromatic nitrogens is 3. The normalized spacial score (nSPS) is 18.1. The lowest BCUT2D eigenvalue weighted by Gasteiger charge is -2.44. The SMILES string of the molecule is CC(C)(C)c1ccc(N2B3c4cc5nc(-c6ccccc6)n(-c6ccccc6)c5cc4-n4c5cc6c(cc5c5c7c(c(c3c54)-c3cc4sc5cc8c(cc5c4cc32)C(C)(C)CCC8(C)C)C(C)(C)c2ccccc2-7)C(C)(C)CCC6(C)C)cc1. The van der Waals surface area contributed by atoms with E-state index in [1.165, 1.54) is 144 Å². The van der Waals surface area contributed by atoms with Gasteiger partial charge in [0.25, 0.3) is 0 Å². The van der Waals surface area contributed by atoms with Gasteiger partial charge in [0, 0.05) is 70.2 Å². The third-order valence-corrected chi connectivity index (χ3v) is 22.8. The molecule has 3 aromatic heterocycles. The molecule has 5 aliphatic rings. The number of nitrogens with zero attached hydrogens (tertiary/aromatic N) is 4. The van der Waals surface area contributed by atoms with Crippen LogP contribution in [0.1, 0.15) is 155 Å². The zero-order valence-electron chi connectivity index (χ0n) is 51.1. The van der Waals surface area contributed by atoms with E-state index in [2.05, 4.69) is 262 Å². The first-order valence-electron chi connectivity index (χ1n) is 31.0. The number of anilines is 2. The summed E-state index contributed by atoms with van der Waals surface area (Å²) in [5.74, 6) is 0.944. The Kier molecular flexibility index (Phi) is 9.92. The molecule has 0 fully saturated rings. The monoisotopic (exact) mass is 1110 g/mol. The fourth-order valence-electron chi connectivity index (χ4n) is 16.8. The van der Waals surface area contributed by atoms with Crippen LogP contribution in [-0.2, 0) is 32.5 Å². The first kappa shape index (κ1) is 50.8. The zero-order chi connectivity index (χ0) is 57.7. The molecule has 5 heterocycles. The summed E-state index contributed by atoms with van der Waals surface area (Å²) >= 11 is 2.00. The van der Waals surface area contributed by atoms with Crippen molar-refractivity contribution in [3.8, 4) is 45.0 Å². The van der Waals surface area contributed by atoms with Crippen molar-refractivity contribution in [2.24, 2.45) is 0 Å². The second kappa shape index (κ2) is 16.4. The second-order valence-electron chi connectivity index (χ2n) is 30.0. The Hall–Kier alpha value is -7.67. The Morgan fingerprint density at radius 2 is 1.07 bits per heavy atom. The minimum absolute atomic E-state index is 0.00159. The van der Waals surface area contributed by atoms with E-state index >= 15 is 0 Å². The molecule has 2 aliphatic heterocycles. The largest absolute Gasteiger partial charge is 0.376 e. The Balaban J connectivity index is 1.09. The number of thiophene rings is 1. The number of fused-ring (bicyclic) bond motifs is 19. The average Bonchev–Trinajstić information content (AvgIpc) is 1.44. The van der Waals surface area contributed by atoms with E-state index < -0.39 is 0 Å². The van der Waals surface area contributed by atoms with E-state index in [1.54, 1.807) is 0 Å². The van der Waals surface area contributed by atoms with E-state index in [9.17, 15) is 0 Å². The maximum absolute atomic E-state index is 5.77. The standard InChI is InChI=1S/C78H73BN4S/c1-73(2,3)45-28-30-47(31-29-45)83-61-38-50-49-36-54-57(77(10,11)35-33-74(54,4)5)41-65(49)84-64(50)39-52(61)68-69-66(48-26-20-21-27-53(48)78(69,12)13)67-51-37-55-56(76(8,9)34-32-75(55,6)7)40-60(51)82-62-43-63-59(42-58(62)79(83)70(68)71(67)82)80-72(44-22-16-14-17-23-44)81(63)46-24-18-15-19-25-46/h14-31,36-43H,32-35H2,1-13H3. The van der Waals surface area contributed by atoms with Gasteiger partial charge in [0.15, 0.2) is 0 Å². The van der Waals surface area contributed by atoms with Gasteiger partial charge in [0.1, 0.15) is 5.82 Å². The molecule has 12 aromatic rings. The topological polar surface area (TPSA) is 26.0 Å². The van der Waals surface area contributed by atoms with Gasteiger partial charge in [-0.05, 0) is 192 Å². The van der Waals surface area contributed by atoms with Crippen LogP contribution < -0.4 is 15.7 Å². The van der Waals surface area contributed by atoms with Crippen LogP contribution in [0.2, 0.25) is 0 Å². The van der Waals surface area contributed by atoms with E-state index in [4.69, 9.17) is 4.98 Å². The zero-order valence-corrected chi connectivity index (χ0v) is 51.9. The molecule has 0 bridgehead atoms. The summed E-state index contributed by atoms with van der Waals surface area (Å²) in [5, 5.41) is 5.48. The molecule has 0 unspecified atom stereocenters. The number of benzene rings is 9. The van der Waals surface area contributed by atoms with Crippen molar-refractivity contribution in [2.75, 3.05) is 4.81 Å². The van der Waals surface area contributed by atoms with Crippen molar-refractivity contribution in [2.45, 2.75) is 148 Å². The van der Waals surface area contributed by atoms with Gasteiger partial charge < -0.3 is 9.38 Å². The van der Waals surface area contributed by atoms with Crippen molar-refractivity contribution >= 4 is 93.5 Å². The minimum Gasteiger partial charge on any atom is -0.376 e. The predicted molar refractivity (Wildman–Crippen MR) is 360 cm³/mol. The van der Waals surface area contributed by atoms with Crippen LogP contribution in [0.15, 0.2) is 158 Å². The molecule has 0 N–H and O–H groups in total. The van der Waals surface area contributed by atoms with E-state index in [-0.39, 0.29) is 39.3 Å². The molecule has 17 rings (SSSR count). The lowest BCUT2D eigenvalue weighted by molar-refractivity contribution is 0.332. The molecule has 6 heteroatoms. The first-order valence-corrected chi connectivity index (χ1v) is 31.8. The molecule has 0 spiro atoms. The molecule has 0 saturated carbocycles. The Morgan fingerprint density at radius 3 is 1.74 bits per heavy atom. The van der Waals surface area contributed by atoms with Gasteiger partial charge in [0.2, 0.25) is 0 Å². The van der Waals surface area contributed by atoms with Gasteiger partial charge in [0.05, 0.1) is 22.1 Å². The van der Waals surface area contributed by atoms with Gasteiger partial charge in [-0.1, -0.05) is 175 Å². The quantitative estimate of drug-likeness (QED) is 0.165. The summed E-state index contributed by atoms with van der Waals surface area (Å²) in [6, 6.07) is 61.8. The van der Waals surface area contributed by atoms with Crippen molar-refractivity contribution in [3.05, 3.63) is 197 Å². The van der Waals surface area contributed by atoms with E-state index in [1.807, 2.05) is 11.3 Å². The minimum atomic E-state index is -0.317. The molecule has 0 amide bonds. The summed E-state index contributed by atoms with van der Waals surface area (Å²) in [6.07, 6.45) is 4.68. The van der Waals surface area contributed by atoms with Crippen molar-refractivity contribution < 1.29 is 0 Å². The molecule has 0 saturated heterocycles. The molecule has 84 heavy (non-hydrogen) atoms. The summed E-state index contributed by atoms with van der Waals surface area (Å²) in [7, 11) is 0. The highest BCUT2D eigenvalue weighted by atomic mass is 32.1.